The van der Waals surface area contributed by atoms with Gasteiger partial charge in [0.25, 0.3) is 0 Å². The van der Waals surface area contributed by atoms with Crippen molar-refractivity contribution < 1.29 is 0 Å². The molecule has 0 aliphatic carbocycles. The molecular weight excluding hydrogens is 314 g/mol. The molecule has 0 radical (unpaired) electrons. The van der Waals surface area contributed by atoms with E-state index in [9.17, 15) is 0 Å². The van der Waals surface area contributed by atoms with Gasteiger partial charge in [0.15, 0.2) is 0 Å². The van der Waals surface area contributed by atoms with E-state index >= 15 is 0 Å². The Morgan fingerprint density at radius 2 is 1.42 bits per heavy atom. The highest BCUT2D eigenvalue weighted by Gasteiger charge is 2.07. The van der Waals surface area contributed by atoms with Crippen LogP contribution in [-0.2, 0) is 6.42 Å². The molecule has 0 amide bonds. The summed E-state index contributed by atoms with van der Waals surface area (Å²) in [4.78, 5) is 4.57. The molecule has 24 heavy (non-hydrogen) atoms. The van der Waals surface area contributed by atoms with Crippen LogP contribution in [0, 0.1) is 0 Å². The van der Waals surface area contributed by atoms with E-state index in [1.165, 1.54) is 16.7 Å². The summed E-state index contributed by atoms with van der Waals surface area (Å²) in [6.45, 7) is 0. The minimum absolute atomic E-state index is 0.582. The van der Waals surface area contributed by atoms with Crippen LogP contribution in [0.4, 0.5) is 0 Å². The third kappa shape index (κ3) is 3.04. The van der Waals surface area contributed by atoms with Gasteiger partial charge in [-0.25, -0.2) is 4.98 Å². The van der Waals surface area contributed by atoms with Gasteiger partial charge in [0, 0.05) is 11.8 Å². The number of nitrogens with zero attached hydrogens (tertiary/aromatic N) is 1. The molecule has 2 heteroatoms. The lowest BCUT2D eigenvalue weighted by Gasteiger charge is -2.08. The predicted octanol–water partition coefficient (Wildman–Crippen LogP) is 6.15. The Balaban J connectivity index is 1.77. The minimum Gasteiger partial charge on any atom is -0.236 e. The summed E-state index contributed by atoms with van der Waals surface area (Å²) in [7, 11) is 0. The van der Waals surface area contributed by atoms with Crippen LogP contribution < -0.4 is 0 Å². The maximum atomic E-state index is 6.40. The van der Waals surface area contributed by atoms with Gasteiger partial charge in [0.05, 0.1) is 5.52 Å². The monoisotopic (exact) mass is 329 g/mol. The molecule has 3 aromatic carbocycles. The summed E-state index contributed by atoms with van der Waals surface area (Å²) in [5, 5.41) is 1.70. The van der Waals surface area contributed by atoms with E-state index in [1.54, 1.807) is 0 Å². The summed E-state index contributed by atoms with van der Waals surface area (Å²) in [6.07, 6.45) is 0.790. The molecule has 0 fully saturated rings. The van der Waals surface area contributed by atoms with Crippen molar-refractivity contribution in [3.05, 3.63) is 101 Å². The van der Waals surface area contributed by atoms with E-state index < -0.39 is 0 Å². The van der Waals surface area contributed by atoms with Gasteiger partial charge in [-0.3, -0.25) is 0 Å². The first-order chi connectivity index (χ1) is 11.8. The number of benzene rings is 3. The Labute approximate surface area is 146 Å². The molecule has 0 saturated heterocycles. The van der Waals surface area contributed by atoms with Crippen molar-refractivity contribution in [3.8, 4) is 11.1 Å². The molecule has 0 spiro atoms. The van der Waals surface area contributed by atoms with Crippen molar-refractivity contribution in [3.63, 3.8) is 0 Å². The molecule has 116 valence electrons. The molecule has 0 bridgehead atoms. The molecule has 4 aromatic rings. The smallest absolute Gasteiger partial charge is 0.133 e. The number of hydrogen-bond acceptors (Lipinski definition) is 1. The fourth-order valence-corrected chi connectivity index (χ4v) is 3.16. The molecule has 0 saturated carbocycles. The Morgan fingerprint density at radius 1 is 0.708 bits per heavy atom. The van der Waals surface area contributed by atoms with Gasteiger partial charge < -0.3 is 0 Å². The van der Waals surface area contributed by atoms with Gasteiger partial charge in [-0.1, -0.05) is 78.3 Å². The zero-order valence-corrected chi connectivity index (χ0v) is 13.9. The van der Waals surface area contributed by atoms with E-state index in [4.69, 9.17) is 11.6 Å². The second-order valence-corrected chi connectivity index (χ2v) is 6.23. The lowest BCUT2D eigenvalue weighted by molar-refractivity contribution is 1.17. The van der Waals surface area contributed by atoms with Crippen LogP contribution in [0.1, 0.15) is 11.1 Å². The number of hydrogen-bond donors (Lipinski definition) is 0. The average molecular weight is 330 g/mol. The highest BCUT2D eigenvalue weighted by atomic mass is 35.5. The van der Waals surface area contributed by atoms with E-state index in [0.29, 0.717) is 5.15 Å². The summed E-state index contributed by atoms with van der Waals surface area (Å²) in [6, 6.07) is 29.2. The second-order valence-electron chi connectivity index (χ2n) is 5.87. The third-order valence-electron chi connectivity index (χ3n) is 4.19. The van der Waals surface area contributed by atoms with Gasteiger partial charge in [-0.15, -0.1) is 0 Å². The van der Waals surface area contributed by atoms with E-state index in [0.717, 1.165) is 22.9 Å². The van der Waals surface area contributed by atoms with Crippen LogP contribution in [0.15, 0.2) is 84.9 Å². The fourth-order valence-electron chi connectivity index (χ4n) is 2.95. The SMILES string of the molecule is Clc1nc2ccc(-c3ccccc3)cc2cc1Cc1ccccc1. The first kappa shape index (κ1) is 14.9. The fraction of sp³-hybridized carbons (Fsp3) is 0.0455. The van der Waals surface area contributed by atoms with E-state index in [2.05, 4.69) is 59.6 Å². The van der Waals surface area contributed by atoms with Crippen molar-refractivity contribution in [2.45, 2.75) is 6.42 Å². The maximum Gasteiger partial charge on any atom is 0.133 e. The summed E-state index contributed by atoms with van der Waals surface area (Å²) in [5.41, 5.74) is 5.62. The summed E-state index contributed by atoms with van der Waals surface area (Å²) >= 11 is 6.40. The lowest BCUT2D eigenvalue weighted by Crippen LogP contribution is -1.93. The lowest BCUT2D eigenvalue weighted by atomic mass is 10.0. The number of aromatic nitrogens is 1. The largest absolute Gasteiger partial charge is 0.236 e. The number of halogens is 1. The van der Waals surface area contributed by atoms with Crippen molar-refractivity contribution >= 4 is 22.5 Å². The minimum atomic E-state index is 0.582. The zero-order chi connectivity index (χ0) is 16.4. The van der Waals surface area contributed by atoms with Crippen LogP contribution in [0.25, 0.3) is 22.0 Å². The first-order valence-electron chi connectivity index (χ1n) is 7.98. The molecular formula is C22H16ClN. The highest BCUT2D eigenvalue weighted by Crippen LogP contribution is 2.27. The zero-order valence-electron chi connectivity index (χ0n) is 13.1. The van der Waals surface area contributed by atoms with E-state index in [-0.39, 0.29) is 0 Å². The number of rotatable bonds is 3. The maximum absolute atomic E-state index is 6.40. The Morgan fingerprint density at radius 3 is 2.17 bits per heavy atom. The van der Waals surface area contributed by atoms with Crippen molar-refractivity contribution in [2.24, 2.45) is 0 Å². The van der Waals surface area contributed by atoms with Crippen LogP contribution in [0.3, 0.4) is 0 Å². The molecule has 0 atom stereocenters. The number of pyridine rings is 1. The van der Waals surface area contributed by atoms with Crippen LogP contribution in [0.2, 0.25) is 5.15 Å². The van der Waals surface area contributed by atoms with Crippen LogP contribution in [0.5, 0.6) is 0 Å². The molecule has 1 heterocycles. The molecule has 0 unspecified atom stereocenters. The van der Waals surface area contributed by atoms with Crippen LogP contribution in [-0.4, -0.2) is 4.98 Å². The second kappa shape index (κ2) is 6.46. The molecule has 1 nitrogen and oxygen atoms in total. The molecule has 0 aliphatic heterocycles. The van der Waals surface area contributed by atoms with E-state index in [1.807, 2.05) is 30.3 Å². The predicted molar refractivity (Wildman–Crippen MR) is 101 cm³/mol. The highest BCUT2D eigenvalue weighted by molar-refractivity contribution is 6.30. The van der Waals surface area contributed by atoms with Gasteiger partial charge in [0.1, 0.15) is 5.15 Å². The van der Waals surface area contributed by atoms with Crippen molar-refractivity contribution in [1.82, 2.24) is 4.98 Å². The van der Waals surface area contributed by atoms with Gasteiger partial charge in [-0.2, -0.15) is 0 Å². The molecule has 0 aliphatic rings. The normalized spacial score (nSPS) is 10.9. The molecule has 1 aromatic heterocycles. The summed E-state index contributed by atoms with van der Waals surface area (Å²) < 4.78 is 0. The van der Waals surface area contributed by atoms with Gasteiger partial charge >= 0.3 is 0 Å². The molecule has 0 N–H and O–H groups in total. The van der Waals surface area contributed by atoms with Gasteiger partial charge in [0.2, 0.25) is 0 Å². The third-order valence-corrected chi connectivity index (χ3v) is 4.51. The van der Waals surface area contributed by atoms with Crippen molar-refractivity contribution in [1.29, 1.82) is 0 Å². The topological polar surface area (TPSA) is 12.9 Å². The quantitative estimate of drug-likeness (QED) is 0.411. The van der Waals surface area contributed by atoms with Crippen molar-refractivity contribution in [2.75, 3.05) is 0 Å². The molecule has 4 rings (SSSR count). The summed E-state index contributed by atoms with van der Waals surface area (Å²) in [5.74, 6) is 0. The average Bonchev–Trinajstić information content (AvgIpc) is 2.64. The first-order valence-corrected chi connectivity index (χ1v) is 8.36. The number of fused-ring (bicyclic) bond motifs is 1. The van der Waals surface area contributed by atoms with Crippen LogP contribution >= 0.6 is 11.6 Å². The Hall–Kier alpha value is -2.64. The van der Waals surface area contributed by atoms with Gasteiger partial charge in [-0.05, 0) is 40.5 Å². The Kier molecular flexibility index (Phi) is 4.02. The Bertz CT molecular complexity index is 979. The standard InChI is InChI=1S/C22H16ClN/c23-22-20(13-16-7-3-1-4-8-16)15-19-14-18(11-12-21(19)24-22)17-9-5-2-6-10-17/h1-12,14-15H,13H2.